The van der Waals surface area contributed by atoms with Crippen molar-refractivity contribution < 1.29 is 23.1 Å². The molecule has 0 spiro atoms. The van der Waals surface area contributed by atoms with Crippen molar-refractivity contribution >= 4 is 21.9 Å². The Morgan fingerprint density at radius 1 is 1.35 bits per heavy atom. The molecule has 17 heavy (non-hydrogen) atoms. The Kier molecular flexibility index (Phi) is 2.43. The summed E-state index contributed by atoms with van der Waals surface area (Å²) >= 11 is 0. The maximum atomic E-state index is 12.0. The van der Waals surface area contributed by atoms with E-state index < -0.39 is 27.9 Å². The number of hydrogen-bond donors (Lipinski definition) is 1. The highest BCUT2D eigenvalue weighted by Gasteiger charge is 2.45. The SMILES string of the molecule is CC(C(=O)O)N1C(=O)c2ccccc2S1(=O)=O. The largest absolute Gasteiger partial charge is 0.480 e. The molecule has 1 aliphatic rings. The van der Waals surface area contributed by atoms with Crippen LogP contribution in [0.3, 0.4) is 0 Å². The molecule has 1 aromatic rings. The highest BCUT2D eigenvalue weighted by molar-refractivity contribution is 7.90. The van der Waals surface area contributed by atoms with Gasteiger partial charge in [0.1, 0.15) is 10.9 Å². The van der Waals surface area contributed by atoms with Gasteiger partial charge in [-0.05, 0) is 19.1 Å². The second kappa shape index (κ2) is 3.56. The molecule has 1 aromatic carbocycles. The van der Waals surface area contributed by atoms with Crippen molar-refractivity contribution in [3.8, 4) is 0 Å². The lowest BCUT2D eigenvalue weighted by Crippen LogP contribution is -2.42. The summed E-state index contributed by atoms with van der Waals surface area (Å²) in [4.78, 5) is 22.5. The maximum Gasteiger partial charge on any atom is 0.327 e. The van der Waals surface area contributed by atoms with E-state index in [0.29, 0.717) is 4.31 Å². The van der Waals surface area contributed by atoms with Crippen molar-refractivity contribution in [3.63, 3.8) is 0 Å². The fourth-order valence-corrected chi connectivity index (χ4v) is 3.41. The molecule has 0 radical (unpaired) electrons. The van der Waals surface area contributed by atoms with Gasteiger partial charge in [0.2, 0.25) is 0 Å². The van der Waals surface area contributed by atoms with Gasteiger partial charge in [0, 0.05) is 0 Å². The average molecular weight is 255 g/mol. The van der Waals surface area contributed by atoms with Gasteiger partial charge in [0.25, 0.3) is 15.9 Å². The molecule has 0 aliphatic carbocycles. The zero-order chi connectivity index (χ0) is 12.8. The van der Waals surface area contributed by atoms with E-state index in [0.717, 1.165) is 6.92 Å². The second-order valence-corrected chi connectivity index (χ2v) is 5.40. The van der Waals surface area contributed by atoms with Gasteiger partial charge >= 0.3 is 5.97 Å². The molecule has 1 amide bonds. The average Bonchev–Trinajstić information content (AvgIpc) is 2.47. The number of carbonyl (C=O) groups excluding carboxylic acids is 1. The molecule has 6 nitrogen and oxygen atoms in total. The summed E-state index contributed by atoms with van der Waals surface area (Å²) in [6, 6.07) is 4.25. The molecule has 1 heterocycles. The highest BCUT2D eigenvalue weighted by atomic mass is 32.2. The van der Waals surface area contributed by atoms with Crippen LogP contribution < -0.4 is 0 Å². The van der Waals surface area contributed by atoms with Gasteiger partial charge in [-0.3, -0.25) is 4.79 Å². The molecule has 1 N–H and O–H groups in total. The molecule has 0 saturated carbocycles. The van der Waals surface area contributed by atoms with Crippen LogP contribution in [0, 0.1) is 0 Å². The zero-order valence-electron chi connectivity index (χ0n) is 8.82. The lowest BCUT2D eigenvalue weighted by molar-refractivity contribution is -0.140. The van der Waals surface area contributed by atoms with Gasteiger partial charge in [0.05, 0.1) is 5.56 Å². The maximum absolute atomic E-state index is 12.0. The number of rotatable bonds is 2. The number of nitrogens with zero attached hydrogens (tertiary/aromatic N) is 1. The van der Waals surface area contributed by atoms with Gasteiger partial charge in [-0.25, -0.2) is 17.5 Å². The fraction of sp³-hybridized carbons (Fsp3) is 0.200. The fourth-order valence-electron chi connectivity index (χ4n) is 1.69. The number of aliphatic carboxylic acids is 1. The Labute approximate surface area is 97.5 Å². The molecule has 1 atom stereocenters. The topological polar surface area (TPSA) is 91.8 Å². The number of carboxylic acids is 1. The molecule has 7 heteroatoms. The quantitative estimate of drug-likeness (QED) is 0.820. The first-order chi connectivity index (χ1) is 7.87. The third-order valence-corrected chi connectivity index (χ3v) is 4.48. The van der Waals surface area contributed by atoms with Crippen molar-refractivity contribution in [2.75, 3.05) is 0 Å². The smallest absolute Gasteiger partial charge is 0.327 e. The first kappa shape index (κ1) is 11.6. The summed E-state index contributed by atoms with van der Waals surface area (Å²) in [7, 11) is -4.04. The Morgan fingerprint density at radius 3 is 2.47 bits per heavy atom. The van der Waals surface area contributed by atoms with Gasteiger partial charge in [-0.15, -0.1) is 0 Å². The summed E-state index contributed by atoms with van der Waals surface area (Å²) in [5.41, 5.74) is 0.0144. The van der Waals surface area contributed by atoms with E-state index in [1.807, 2.05) is 0 Å². The van der Waals surface area contributed by atoms with Crippen LogP contribution in [-0.2, 0) is 14.8 Å². The lowest BCUT2D eigenvalue weighted by Gasteiger charge is -2.19. The van der Waals surface area contributed by atoms with E-state index in [-0.39, 0.29) is 10.5 Å². The number of sulfonamides is 1. The predicted octanol–water partition coefficient (Wildman–Crippen LogP) is 0.304. The van der Waals surface area contributed by atoms with E-state index in [4.69, 9.17) is 5.11 Å². The summed E-state index contributed by atoms with van der Waals surface area (Å²) in [5.74, 6) is -2.16. The van der Waals surface area contributed by atoms with Crippen molar-refractivity contribution in [2.45, 2.75) is 17.9 Å². The van der Waals surface area contributed by atoms with Crippen LogP contribution >= 0.6 is 0 Å². The number of fused-ring (bicyclic) bond motifs is 1. The number of carbonyl (C=O) groups is 2. The van der Waals surface area contributed by atoms with Crippen molar-refractivity contribution in [1.29, 1.82) is 0 Å². The van der Waals surface area contributed by atoms with Crippen molar-refractivity contribution in [2.24, 2.45) is 0 Å². The minimum absolute atomic E-state index is 0.0144. The van der Waals surface area contributed by atoms with Crippen molar-refractivity contribution in [3.05, 3.63) is 29.8 Å². The van der Waals surface area contributed by atoms with Crippen LogP contribution in [0.1, 0.15) is 17.3 Å². The summed E-state index contributed by atoms with van der Waals surface area (Å²) in [6.07, 6.45) is 0. The van der Waals surface area contributed by atoms with Gasteiger partial charge in [-0.2, -0.15) is 0 Å². The minimum Gasteiger partial charge on any atom is -0.480 e. The van der Waals surface area contributed by atoms with Crippen LogP contribution in [-0.4, -0.2) is 35.7 Å². The van der Waals surface area contributed by atoms with E-state index in [9.17, 15) is 18.0 Å². The molecular formula is C10H9NO5S. The molecule has 2 rings (SSSR count). The Morgan fingerprint density at radius 2 is 1.94 bits per heavy atom. The third kappa shape index (κ3) is 1.50. The number of carboxylic acid groups (broad SMARTS) is 1. The summed E-state index contributed by atoms with van der Waals surface area (Å²) < 4.78 is 24.4. The van der Waals surface area contributed by atoms with Crippen LogP contribution in [0.2, 0.25) is 0 Å². The molecule has 1 unspecified atom stereocenters. The molecule has 1 aliphatic heterocycles. The van der Waals surface area contributed by atoms with E-state index in [2.05, 4.69) is 0 Å². The minimum atomic E-state index is -4.04. The van der Waals surface area contributed by atoms with E-state index in [1.54, 1.807) is 0 Å². The Bertz CT molecular complexity index is 607. The first-order valence-electron chi connectivity index (χ1n) is 4.78. The van der Waals surface area contributed by atoms with E-state index in [1.165, 1.54) is 24.3 Å². The van der Waals surface area contributed by atoms with Crippen molar-refractivity contribution in [1.82, 2.24) is 4.31 Å². The molecule has 0 fully saturated rings. The van der Waals surface area contributed by atoms with E-state index >= 15 is 0 Å². The number of benzene rings is 1. The highest BCUT2D eigenvalue weighted by Crippen LogP contribution is 2.31. The summed E-state index contributed by atoms with van der Waals surface area (Å²) in [6.45, 7) is 1.16. The monoisotopic (exact) mass is 255 g/mol. The number of amides is 1. The van der Waals surface area contributed by atoms with Gasteiger partial charge < -0.3 is 5.11 Å². The van der Waals surface area contributed by atoms with Crippen LogP contribution in [0.4, 0.5) is 0 Å². The second-order valence-electron chi connectivity index (χ2n) is 3.62. The normalized spacial score (nSPS) is 18.9. The molecular weight excluding hydrogens is 246 g/mol. The van der Waals surface area contributed by atoms with Crippen LogP contribution in [0.5, 0.6) is 0 Å². The Hall–Kier alpha value is -1.89. The Balaban J connectivity index is 2.63. The molecule has 90 valence electrons. The first-order valence-corrected chi connectivity index (χ1v) is 6.22. The third-order valence-electron chi connectivity index (χ3n) is 2.56. The van der Waals surface area contributed by atoms with Gasteiger partial charge in [-0.1, -0.05) is 12.1 Å². The lowest BCUT2D eigenvalue weighted by atomic mass is 10.2. The van der Waals surface area contributed by atoms with Crippen LogP contribution in [0.15, 0.2) is 29.2 Å². The molecule has 0 saturated heterocycles. The summed E-state index contributed by atoms with van der Waals surface area (Å²) in [5, 5.41) is 8.81. The van der Waals surface area contributed by atoms with Crippen LogP contribution in [0.25, 0.3) is 0 Å². The predicted molar refractivity (Wildman–Crippen MR) is 56.9 cm³/mol. The standard InChI is InChI=1S/C10H9NO5S/c1-6(10(13)14)11-9(12)7-4-2-3-5-8(7)17(11,15)16/h2-6H,1H3,(H,13,14). The van der Waals surface area contributed by atoms with Gasteiger partial charge in [0.15, 0.2) is 0 Å². The zero-order valence-corrected chi connectivity index (χ0v) is 9.64. The molecule has 0 aromatic heterocycles. The number of hydrogen-bond acceptors (Lipinski definition) is 4. The molecule has 0 bridgehead atoms.